The predicted octanol–water partition coefficient (Wildman–Crippen LogP) is 3.05. The molecule has 132 valence electrons. The molecular weight excluding hydrogens is 336 g/mol. The minimum Gasteiger partial charge on any atom is -0.367 e. The largest absolute Gasteiger partial charge is 0.367 e. The molecule has 1 amide bonds. The Bertz CT molecular complexity index is 804. The van der Waals surface area contributed by atoms with Gasteiger partial charge in [-0.1, -0.05) is 23.7 Å². The first-order valence-electron chi connectivity index (χ1n) is 8.44. The van der Waals surface area contributed by atoms with E-state index >= 15 is 0 Å². The molecule has 0 bridgehead atoms. The lowest BCUT2D eigenvalue weighted by atomic mass is 10.1. The lowest BCUT2D eigenvalue weighted by molar-refractivity contribution is -0.126. The van der Waals surface area contributed by atoms with Crippen molar-refractivity contribution in [1.82, 2.24) is 14.7 Å². The molecule has 1 aliphatic heterocycles. The van der Waals surface area contributed by atoms with E-state index in [4.69, 9.17) is 11.6 Å². The van der Waals surface area contributed by atoms with E-state index in [1.165, 1.54) is 0 Å². The lowest BCUT2D eigenvalue weighted by Crippen LogP contribution is -2.48. The van der Waals surface area contributed by atoms with Crippen molar-refractivity contribution in [2.45, 2.75) is 13.8 Å². The Kier molecular flexibility index (Phi) is 5.13. The van der Waals surface area contributed by atoms with E-state index in [1.807, 2.05) is 60.8 Å². The highest BCUT2D eigenvalue weighted by molar-refractivity contribution is 6.33. The minimum atomic E-state index is 0.0430. The first-order valence-corrected chi connectivity index (χ1v) is 8.82. The lowest BCUT2D eigenvalue weighted by Gasteiger charge is -2.36. The second kappa shape index (κ2) is 7.31. The molecule has 0 unspecified atom stereocenters. The summed E-state index contributed by atoms with van der Waals surface area (Å²) in [7, 11) is 1.91. The first kappa shape index (κ1) is 17.5. The van der Waals surface area contributed by atoms with Crippen LogP contribution in [0.3, 0.4) is 0 Å². The summed E-state index contributed by atoms with van der Waals surface area (Å²) in [6.45, 7) is 6.92. The molecule has 2 aromatic rings. The molecule has 0 saturated carbocycles. The number of carbonyl (C=O) groups excluding carboxylic acids is 1. The number of halogens is 1. The van der Waals surface area contributed by atoms with E-state index < -0.39 is 0 Å². The molecule has 0 atom stereocenters. The van der Waals surface area contributed by atoms with Crippen LogP contribution in [-0.4, -0.2) is 46.8 Å². The number of aryl methyl sites for hydroxylation is 2. The molecular formula is C19H23ClN4O. The fraction of sp³-hybridized carbons (Fsp3) is 0.368. The number of nitrogens with zero attached hydrogens (tertiary/aromatic N) is 4. The van der Waals surface area contributed by atoms with Gasteiger partial charge in [0.1, 0.15) is 0 Å². The number of hydrogen-bond acceptors (Lipinski definition) is 3. The van der Waals surface area contributed by atoms with Crippen molar-refractivity contribution in [3.63, 3.8) is 0 Å². The Morgan fingerprint density at radius 2 is 1.84 bits per heavy atom. The van der Waals surface area contributed by atoms with Crippen LogP contribution in [0.15, 0.2) is 30.3 Å². The topological polar surface area (TPSA) is 41.4 Å². The Hall–Kier alpha value is -2.27. The Morgan fingerprint density at radius 3 is 2.44 bits per heavy atom. The van der Waals surface area contributed by atoms with Crippen molar-refractivity contribution in [2.75, 3.05) is 31.1 Å². The molecule has 1 aromatic heterocycles. The number of para-hydroxylation sites is 1. The highest BCUT2D eigenvalue weighted by atomic mass is 35.5. The average molecular weight is 359 g/mol. The fourth-order valence-electron chi connectivity index (χ4n) is 3.17. The van der Waals surface area contributed by atoms with Gasteiger partial charge in [0.2, 0.25) is 5.91 Å². The van der Waals surface area contributed by atoms with Gasteiger partial charge < -0.3 is 9.80 Å². The van der Waals surface area contributed by atoms with E-state index in [2.05, 4.69) is 10.00 Å². The third-order valence-electron chi connectivity index (χ3n) is 4.74. The molecule has 2 heterocycles. The Labute approximate surface area is 153 Å². The highest BCUT2D eigenvalue weighted by Crippen LogP contribution is 2.26. The number of amides is 1. The predicted molar refractivity (Wildman–Crippen MR) is 102 cm³/mol. The zero-order chi connectivity index (χ0) is 18.0. The first-order chi connectivity index (χ1) is 12.0. The summed E-state index contributed by atoms with van der Waals surface area (Å²) in [6.07, 6.45) is 3.53. The van der Waals surface area contributed by atoms with Crippen LogP contribution in [0.2, 0.25) is 5.02 Å². The molecule has 25 heavy (non-hydrogen) atoms. The molecule has 0 N–H and O–H groups in total. The summed E-state index contributed by atoms with van der Waals surface area (Å²) >= 11 is 6.26. The van der Waals surface area contributed by atoms with Crippen LogP contribution in [0.4, 0.5) is 5.69 Å². The Balaban J connectivity index is 1.62. The van der Waals surface area contributed by atoms with Gasteiger partial charge in [0, 0.05) is 50.6 Å². The third-order valence-corrected chi connectivity index (χ3v) is 5.06. The number of aromatic nitrogens is 2. The summed E-state index contributed by atoms with van der Waals surface area (Å²) in [6, 6.07) is 7.84. The van der Waals surface area contributed by atoms with Crippen LogP contribution < -0.4 is 4.90 Å². The molecule has 0 spiro atoms. The summed E-state index contributed by atoms with van der Waals surface area (Å²) < 4.78 is 1.84. The van der Waals surface area contributed by atoms with E-state index in [-0.39, 0.29) is 5.91 Å². The molecule has 1 aromatic carbocycles. The SMILES string of the molecule is Cc1nn(C)c(C)c1/C=C/C(=O)N1CCN(c2ccccc2Cl)CC1. The summed E-state index contributed by atoms with van der Waals surface area (Å²) in [5.74, 6) is 0.0430. The van der Waals surface area contributed by atoms with Crippen molar-refractivity contribution in [1.29, 1.82) is 0 Å². The van der Waals surface area contributed by atoms with Crippen LogP contribution in [0.5, 0.6) is 0 Å². The number of rotatable bonds is 3. The normalized spacial score (nSPS) is 15.2. The summed E-state index contributed by atoms with van der Waals surface area (Å²) in [5.41, 5.74) is 4.05. The maximum absolute atomic E-state index is 12.5. The van der Waals surface area contributed by atoms with E-state index in [0.717, 1.165) is 40.8 Å². The van der Waals surface area contributed by atoms with Crippen LogP contribution >= 0.6 is 11.6 Å². The molecule has 0 aliphatic carbocycles. The number of hydrogen-bond donors (Lipinski definition) is 0. The zero-order valence-electron chi connectivity index (χ0n) is 14.9. The smallest absolute Gasteiger partial charge is 0.246 e. The van der Waals surface area contributed by atoms with Crippen molar-refractivity contribution < 1.29 is 4.79 Å². The molecule has 3 rings (SSSR count). The molecule has 0 radical (unpaired) electrons. The number of piperazine rings is 1. The van der Waals surface area contributed by atoms with Crippen molar-refractivity contribution in [3.05, 3.63) is 52.3 Å². The minimum absolute atomic E-state index is 0.0430. The van der Waals surface area contributed by atoms with Gasteiger partial charge in [-0.3, -0.25) is 9.48 Å². The van der Waals surface area contributed by atoms with Crippen molar-refractivity contribution >= 4 is 29.3 Å². The fourth-order valence-corrected chi connectivity index (χ4v) is 3.42. The van der Waals surface area contributed by atoms with Gasteiger partial charge in [-0.25, -0.2) is 0 Å². The van der Waals surface area contributed by atoms with Crippen LogP contribution in [0, 0.1) is 13.8 Å². The third kappa shape index (κ3) is 3.71. The van der Waals surface area contributed by atoms with Crippen molar-refractivity contribution in [2.24, 2.45) is 7.05 Å². The summed E-state index contributed by atoms with van der Waals surface area (Å²) in [5, 5.41) is 5.13. The van der Waals surface area contributed by atoms with Gasteiger partial charge in [0.05, 0.1) is 16.4 Å². The zero-order valence-corrected chi connectivity index (χ0v) is 15.6. The second-order valence-corrected chi connectivity index (χ2v) is 6.71. The average Bonchev–Trinajstić information content (AvgIpc) is 2.85. The van der Waals surface area contributed by atoms with Crippen molar-refractivity contribution in [3.8, 4) is 0 Å². The maximum atomic E-state index is 12.5. The number of carbonyl (C=O) groups is 1. The second-order valence-electron chi connectivity index (χ2n) is 6.31. The quantitative estimate of drug-likeness (QED) is 0.792. The molecule has 6 heteroatoms. The van der Waals surface area contributed by atoms with Gasteiger partial charge in [-0.15, -0.1) is 0 Å². The van der Waals surface area contributed by atoms with Gasteiger partial charge in [-0.2, -0.15) is 5.10 Å². The number of benzene rings is 1. The van der Waals surface area contributed by atoms with Gasteiger partial charge in [-0.05, 0) is 32.1 Å². The number of anilines is 1. The van der Waals surface area contributed by atoms with Gasteiger partial charge >= 0.3 is 0 Å². The molecule has 5 nitrogen and oxygen atoms in total. The monoisotopic (exact) mass is 358 g/mol. The molecule has 1 aliphatic rings. The van der Waals surface area contributed by atoms with Gasteiger partial charge in [0.15, 0.2) is 0 Å². The molecule has 1 fully saturated rings. The maximum Gasteiger partial charge on any atom is 0.246 e. The van der Waals surface area contributed by atoms with E-state index in [0.29, 0.717) is 13.1 Å². The Morgan fingerprint density at radius 1 is 1.16 bits per heavy atom. The van der Waals surface area contributed by atoms with E-state index in [1.54, 1.807) is 6.08 Å². The molecule has 1 saturated heterocycles. The van der Waals surface area contributed by atoms with Crippen LogP contribution in [-0.2, 0) is 11.8 Å². The standard InChI is InChI=1S/C19H23ClN4O/c1-14-16(15(2)22(3)21-14)8-9-19(25)24-12-10-23(11-13-24)18-7-5-4-6-17(18)20/h4-9H,10-13H2,1-3H3/b9-8+. The highest BCUT2D eigenvalue weighted by Gasteiger charge is 2.21. The summed E-state index contributed by atoms with van der Waals surface area (Å²) in [4.78, 5) is 16.6. The van der Waals surface area contributed by atoms with Gasteiger partial charge in [0.25, 0.3) is 0 Å². The van der Waals surface area contributed by atoms with E-state index in [9.17, 15) is 4.79 Å². The van der Waals surface area contributed by atoms with Crippen LogP contribution in [0.25, 0.3) is 6.08 Å². The van der Waals surface area contributed by atoms with Crippen LogP contribution in [0.1, 0.15) is 17.0 Å².